The zero-order valence-electron chi connectivity index (χ0n) is 14.3. The molecule has 0 aromatic carbocycles. The summed E-state index contributed by atoms with van der Waals surface area (Å²) in [7, 11) is 0. The number of rotatable bonds is 7. The van der Waals surface area contributed by atoms with Crippen molar-refractivity contribution in [1.29, 1.82) is 5.26 Å². The molecule has 2 amide bonds. The second kappa shape index (κ2) is 9.22. The molecule has 0 aliphatic carbocycles. The highest BCUT2D eigenvalue weighted by molar-refractivity contribution is 7.98. The first-order valence-corrected chi connectivity index (χ1v) is 9.37. The molecule has 9 heteroatoms. The van der Waals surface area contributed by atoms with E-state index in [9.17, 15) is 9.59 Å². The van der Waals surface area contributed by atoms with Gasteiger partial charge in [-0.1, -0.05) is 0 Å². The van der Waals surface area contributed by atoms with Crippen molar-refractivity contribution in [3.63, 3.8) is 0 Å². The molecule has 0 unspecified atom stereocenters. The van der Waals surface area contributed by atoms with Gasteiger partial charge in [-0.2, -0.15) is 17.0 Å². The van der Waals surface area contributed by atoms with Crippen molar-refractivity contribution in [2.45, 2.75) is 31.9 Å². The Labute approximate surface area is 151 Å². The normalized spacial score (nSPS) is 17.6. The van der Waals surface area contributed by atoms with Gasteiger partial charge in [-0.15, -0.1) is 0 Å². The first-order chi connectivity index (χ1) is 12.0. The molecule has 1 aliphatic heterocycles. The minimum Gasteiger partial charge on any atom is -0.470 e. The van der Waals surface area contributed by atoms with E-state index in [0.717, 1.165) is 5.75 Å². The lowest BCUT2D eigenvalue weighted by Crippen LogP contribution is -2.48. The summed E-state index contributed by atoms with van der Waals surface area (Å²) in [6.45, 7) is 2.35. The van der Waals surface area contributed by atoms with E-state index >= 15 is 0 Å². The average molecular weight is 363 g/mol. The fraction of sp³-hybridized carbons (Fsp3) is 0.562. The number of carbonyl (C=O) groups excluding carboxylic acids is 2. The minimum absolute atomic E-state index is 0.102. The number of nitriles is 1. The summed E-state index contributed by atoms with van der Waals surface area (Å²) in [6.07, 6.45) is 5.84. The average Bonchev–Trinajstić information content (AvgIpc) is 3.06. The molecule has 1 fully saturated rings. The first kappa shape index (κ1) is 19.0. The van der Waals surface area contributed by atoms with E-state index in [-0.39, 0.29) is 29.5 Å². The third-order valence-corrected chi connectivity index (χ3v) is 4.44. The predicted octanol–water partition coefficient (Wildman–Crippen LogP) is 0.586. The van der Waals surface area contributed by atoms with Gasteiger partial charge in [0.25, 0.3) is 5.88 Å². The van der Waals surface area contributed by atoms with Crippen LogP contribution in [0.3, 0.4) is 0 Å². The molecule has 0 bridgehead atoms. The highest BCUT2D eigenvalue weighted by Gasteiger charge is 2.32. The number of nitrogens with one attached hydrogen (secondary N) is 1. The van der Waals surface area contributed by atoms with Gasteiger partial charge in [-0.05, 0) is 18.4 Å². The van der Waals surface area contributed by atoms with E-state index in [2.05, 4.69) is 15.3 Å². The molecule has 2 rings (SSSR count). The number of hydrogen-bond donors (Lipinski definition) is 1. The fourth-order valence-corrected chi connectivity index (χ4v) is 3.10. The van der Waals surface area contributed by atoms with Crippen LogP contribution in [0.4, 0.5) is 0 Å². The monoisotopic (exact) mass is 363 g/mol. The number of nitrogens with zero attached hydrogens (tertiary/aromatic N) is 4. The predicted molar refractivity (Wildman–Crippen MR) is 93.0 cm³/mol. The molecular weight excluding hydrogens is 342 g/mol. The van der Waals surface area contributed by atoms with Crippen LogP contribution in [0.2, 0.25) is 0 Å². The number of likely N-dealkylation sites (tertiary alicyclic amines) is 1. The Morgan fingerprint density at radius 2 is 2.28 bits per heavy atom. The van der Waals surface area contributed by atoms with Gasteiger partial charge >= 0.3 is 0 Å². The van der Waals surface area contributed by atoms with Crippen LogP contribution in [-0.4, -0.2) is 63.9 Å². The maximum atomic E-state index is 12.7. The van der Waals surface area contributed by atoms with Crippen LogP contribution < -0.4 is 10.1 Å². The Morgan fingerprint density at radius 1 is 1.52 bits per heavy atom. The van der Waals surface area contributed by atoms with Crippen LogP contribution in [0.1, 0.15) is 25.5 Å². The molecule has 1 aliphatic rings. The Bertz CT molecular complexity index is 663. The summed E-state index contributed by atoms with van der Waals surface area (Å²) in [5, 5.41) is 11.8. The van der Waals surface area contributed by atoms with Gasteiger partial charge in [0.05, 0.1) is 6.54 Å². The number of carbonyl (C=O) groups is 2. The smallest absolute Gasteiger partial charge is 0.251 e. The van der Waals surface area contributed by atoms with Crippen molar-refractivity contribution in [3.8, 4) is 11.9 Å². The van der Waals surface area contributed by atoms with Crippen LogP contribution in [0, 0.1) is 11.3 Å². The molecule has 0 saturated carbocycles. The van der Waals surface area contributed by atoms with Gasteiger partial charge < -0.3 is 15.0 Å². The van der Waals surface area contributed by atoms with Crippen LogP contribution in [0.15, 0.2) is 12.4 Å². The van der Waals surface area contributed by atoms with E-state index in [0.29, 0.717) is 25.9 Å². The molecule has 1 saturated heterocycles. The number of amides is 2. The van der Waals surface area contributed by atoms with Crippen LogP contribution >= 0.6 is 11.8 Å². The molecule has 0 spiro atoms. The van der Waals surface area contributed by atoms with Gasteiger partial charge in [-0.25, -0.2) is 9.97 Å². The van der Waals surface area contributed by atoms with Crippen molar-refractivity contribution in [2.24, 2.45) is 0 Å². The molecule has 134 valence electrons. The van der Waals surface area contributed by atoms with E-state index in [1.165, 1.54) is 19.3 Å². The molecule has 2 atom stereocenters. The van der Waals surface area contributed by atoms with Gasteiger partial charge in [0.2, 0.25) is 17.5 Å². The van der Waals surface area contributed by atoms with Crippen molar-refractivity contribution >= 4 is 23.6 Å². The summed E-state index contributed by atoms with van der Waals surface area (Å²) in [5.74, 6) is 0.653. The molecule has 1 N–H and O–H groups in total. The molecule has 1 aromatic heterocycles. The Hall–Kier alpha value is -2.34. The van der Waals surface area contributed by atoms with E-state index in [1.807, 2.05) is 12.3 Å². The Kier molecular flexibility index (Phi) is 7.01. The highest BCUT2D eigenvalue weighted by atomic mass is 32.2. The quantitative estimate of drug-likeness (QED) is 0.755. The molecule has 8 nitrogen and oxygen atoms in total. The van der Waals surface area contributed by atoms with E-state index < -0.39 is 6.04 Å². The molecule has 1 aromatic rings. The van der Waals surface area contributed by atoms with Crippen molar-refractivity contribution < 1.29 is 14.3 Å². The maximum Gasteiger partial charge on any atom is 0.251 e. The van der Waals surface area contributed by atoms with Crippen molar-refractivity contribution in [3.05, 3.63) is 18.1 Å². The zero-order valence-corrected chi connectivity index (χ0v) is 15.1. The van der Waals surface area contributed by atoms with Gasteiger partial charge in [0.15, 0.2) is 0 Å². The zero-order chi connectivity index (χ0) is 18.2. The third-order valence-electron chi connectivity index (χ3n) is 3.79. The van der Waals surface area contributed by atoms with E-state index in [4.69, 9.17) is 10.00 Å². The van der Waals surface area contributed by atoms with E-state index in [1.54, 1.807) is 16.7 Å². The molecule has 25 heavy (non-hydrogen) atoms. The van der Waals surface area contributed by atoms with Crippen molar-refractivity contribution in [1.82, 2.24) is 20.2 Å². The summed E-state index contributed by atoms with van der Waals surface area (Å²) < 4.78 is 5.74. The lowest BCUT2D eigenvalue weighted by atomic mass is 10.2. The summed E-state index contributed by atoms with van der Waals surface area (Å²) in [5.41, 5.74) is 0.128. The molecular formula is C16H21N5O3S. The lowest BCUT2D eigenvalue weighted by Gasteiger charge is -2.24. The number of ether oxygens (including phenoxy) is 1. The van der Waals surface area contributed by atoms with Crippen LogP contribution in [0.25, 0.3) is 0 Å². The van der Waals surface area contributed by atoms with Gasteiger partial charge in [0.1, 0.15) is 18.2 Å². The SMILES string of the molecule is CSCC[C@H](NC(C)=O)C(=O)N1CC[C@H](Oc2nccnc2C#N)C1. The van der Waals surface area contributed by atoms with Crippen molar-refractivity contribution in [2.75, 3.05) is 25.1 Å². The maximum absolute atomic E-state index is 12.7. The van der Waals surface area contributed by atoms with Gasteiger partial charge in [-0.3, -0.25) is 9.59 Å². The third kappa shape index (κ3) is 5.32. The van der Waals surface area contributed by atoms with Crippen LogP contribution in [0.5, 0.6) is 5.88 Å². The standard InChI is InChI=1S/C16H21N5O3S/c1-11(22)20-13(4-8-25-2)16(23)21-7-3-12(10-21)24-15-14(9-17)18-5-6-19-15/h5-6,12-13H,3-4,7-8,10H2,1-2H3,(H,20,22)/t12-,13-/m0/s1. The summed E-state index contributed by atoms with van der Waals surface area (Å²) in [6, 6.07) is 1.42. The number of aromatic nitrogens is 2. The summed E-state index contributed by atoms with van der Waals surface area (Å²) in [4.78, 5) is 33.7. The lowest BCUT2D eigenvalue weighted by molar-refractivity contribution is -0.135. The first-order valence-electron chi connectivity index (χ1n) is 7.97. The largest absolute Gasteiger partial charge is 0.470 e. The highest BCUT2D eigenvalue weighted by Crippen LogP contribution is 2.19. The fourth-order valence-electron chi connectivity index (χ4n) is 2.63. The Balaban J connectivity index is 1.97. The summed E-state index contributed by atoms with van der Waals surface area (Å²) >= 11 is 1.63. The molecule has 2 heterocycles. The second-order valence-corrected chi connectivity index (χ2v) is 6.65. The minimum atomic E-state index is -0.519. The second-order valence-electron chi connectivity index (χ2n) is 5.67. The number of thioether (sulfide) groups is 1. The topological polar surface area (TPSA) is 108 Å². The van der Waals surface area contributed by atoms with Gasteiger partial charge in [0, 0.05) is 32.3 Å². The Morgan fingerprint density at radius 3 is 2.96 bits per heavy atom. The van der Waals surface area contributed by atoms with Crippen LogP contribution in [-0.2, 0) is 9.59 Å². The molecule has 0 radical (unpaired) electrons. The number of hydrogen-bond acceptors (Lipinski definition) is 7.